The Balaban J connectivity index is 5.26. The Morgan fingerprint density at radius 2 is 1.81 bits per heavy atom. The van der Waals surface area contributed by atoms with Crippen molar-refractivity contribution in [1.29, 1.82) is 0 Å². The van der Waals surface area contributed by atoms with Gasteiger partial charge in [0.05, 0.1) is 19.3 Å². The van der Waals surface area contributed by atoms with Crippen LogP contribution in [0.15, 0.2) is 0 Å². The molecule has 2 amide bonds. The van der Waals surface area contributed by atoms with Crippen LogP contribution in [0.4, 0.5) is 4.79 Å². The number of carbonyl (C=O) groups excluding carboxylic acids is 1. The molecule has 0 aromatic carbocycles. The summed E-state index contributed by atoms with van der Waals surface area (Å²) in [5.74, 6) is -1.04. The molecule has 0 aromatic heterocycles. The Labute approximate surface area is 126 Å². The normalized spacial score (nSPS) is 12.9. The van der Waals surface area contributed by atoms with Gasteiger partial charge in [-0.25, -0.2) is 9.59 Å². The molecule has 0 saturated heterocycles. The van der Waals surface area contributed by atoms with Crippen molar-refractivity contribution in [2.75, 3.05) is 40.5 Å². The summed E-state index contributed by atoms with van der Waals surface area (Å²) in [6.07, 6.45) is 0. The molecule has 0 aliphatic rings. The van der Waals surface area contributed by atoms with Crippen LogP contribution < -0.4 is 0 Å². The van der Waals surface area contributed by atoms with Gasteiger partial charge in [0.2, 0.25) is 0 Å². The average molecular weight is 304 g/mol. The summed E-state index contributed by atoms with van der Waals surface area (Å²) in [6.45, 7) is 8.11. The third-order valence-electron chi connectivity index (χ3n) is 3.47. The summed E-state index contributed by atoms with van der Waals surface area (Å²) < 4.78 is 10.1. The van der Waals surface area contributed by atoms with Crippen molar-refractivity contribution >= 4 is 12.0 Å². The average Bonchev–Trinajstić information content (AvgIpc) is 2.39. The number of likely N-dealkylation sites (N-methyl/N-ethyl adjacent to an activating group) is 1. The third-order valence-corrected chi connectivity index (χ3v) is 3.47. The van der Waals surface area contributed by atoms with E-state index in [2.05, 4.69) is 0 Å². The molecule has 1 unspecified atom stereocenters. The number of carbonyl (C=O) groups is 2. The largest absolute Gasteiger partial charge is 0.480 e. The minimum Gasteiger partial charge on any atom is -0.480 e. The minimum absolute atomic E-state index is 0.170. The third kappa shape index (κ3) is 5.17. The van der Waals surface area contributed by atoms with Gasteiger partial charge < -0.3 is 24.4 Å². The predicted molar refractivity (Wildman–Crippen MR) is 79.4 cm³/mol. The van der Waals surface area contributed by atoms with Crippen LogP contribution in [-0.2, 0) is 14.3 Å². The van der Waals surface area contributed by atoms with Gasteiger partial charge in [0.1, 0.15) is 5.54 Å². The maximum absolute atomic E-state index is 12.7. The first-order valence-electron chi connectivity index (χ1n) is 7.03. The van der Waals surface area contributed by atoms with Crippen molar-refractivity contribution in [2.45, 2.75) is 39.3 Å². The van der Waals surface area contributed by atoms with Gasteiger partial charge >= 0.3 is 12.0 Å². The van der Waals surface area contributed by atoms with E-state index in [0.29, 0.717) is 26.3 Å². The Bertz CT molecular complexity index is 346. The molecule has 1 N–H and O–H groups in total. The van der Waals surface area contributed by atoms with Crippen molar-refractivity contribution in [2.24, 2.45) is 0 Å². The number of urea groups is 1. The number of rotatable bonds is 9. The van der Waals surface area contributed by atoms with Crippen molar-refractivity contribution in [1.82, 2.24) is 9.80 Å². The van der Waals surface area contributed by atoms with Gasteiger partial charge in [-0.3, -0.25) is 0 Å². The van der Waals surface area contributed by atoms with Gasteiger partial charge in [0, 0.05) is 27.3 Å². The second kappa shape index (κ2) is 8.84. The summed E-state index contributed by atoms with van der Waals surface area (Å²) in [5, 5.41) is 9.33. The lowest BCUT2D eigenvalue weighted by atomic mass is 10.0. The van der Waals surface area contributed by atoms with Crippen molar-refractivity contribution < 1.29 is 24.2 Å². The molecule has 124 valence electrons. The molecular weight excluding hydrogens is 276 g/mol. The van der Waals surface area contributed by atoms with Crippen molar-refractivity contribution in [3.05, 3.63) is 0 Å². The summed E-state index contributed by atoms with van der Waals surface area (Å²) in [4.78, 5) is 27.1. The molecule has 0 saturated carbocycles. The first kappa shape index (κ1) is 19.7. The Morgan fingerprint density at radius 3 is 2.19 bits per heavy atom. The molecule has 7 heteroatoms. The Morgan fingerprint density at radius 1 is 1.24 bits per heavy atom. The molecule has 0 spiro atoms. The zero-order chi connectivity index (χ0) is 16.6. The van der Waals surface area contributed by atoms with Crippen LogP contribution in [0.2, 0.25) is 0 Å². The van der Waals surface area contributed by atoms with Gasteiger partial charge in [-0.15, -0.1) is 0 Å². The fourth-order valence-electron chi connectivity index (χ4n) is 2.07. The number of amides is 2. The maximum atomic E-state index is 12.7. The van der Waals surface area contributed by atoms with Crippen LogP contribution in [0, 0.1) is 0 Å². The van der Waals surface area contributed by atoms with E-state index in [9.17, 15) is 14.7 Å². The van der Waals surface area contributed by atoms with Gasteiger partial charge in [-0.05, 0) is 27.7 Å². The Hall–Kier alpha value is -1.34. The molecule has 0 fully saturated rings. The quantitative estimate of drug-likeness (QED) is 0.694. The monoisotopic (exact) mass is 304 g/mol. The number of ether oxygens (including phenoxy) is 2. The van der Waals surface area contributed by atoms with Gasteiger partial charge in [-0.2, -0.15) is 0 Å². The number of carboxylic acids is 1. The van der Waals surface area contributed by atoms with E-state index in [4.69, 9.17) is 9.47 Å². The zero-order valence-corrected chi connectivity index (χ0v) is 13.9. The minimum atomic E-state index is -1.27. The fraction of sp³-hybridized carbons (Fsp3) is 0.857. The second-order valence-electron chi connectivity index (χ2n) is 5.38. The molecule has 0 aliphatic heterocycles. The number of carboxylic acid groups (broad SMARTS) is 1. The number of hydrogen-bond acceptors (Lipinski definition) is 4. The van der Waals surface area contributed by atoms with E-state index < -0.39 is 11.5 Å². The molecule has 0 rings (SSSR count). The molecular formula is C14H28N2O5. The van der Waals surface area contributed by atoms with E-state index in [-0.39, 0.29) is 12.1 Å². The van der Waals surface area contributed by atoms with Crippen LogP contribution in [0.1, 0.15) is 27.7 Å². The molecule has 0 bridgehead atoms. The lowest BCUT2D eigenvalue weighted by molar-refractivity contribution is -0.147. The molecule has 1 atom stereocenters. The van der Waals surface area contributed by atoms with Crippen LogP contribution in [0.25, 0.3) is 0 Å². The van der Waals surface area contributed by atoms with E-state index in [1.165, 1.54) is 18.7 Å². The van der Waals surface area contributed by atoms with Crippen LogP contribution in [0.3, 0.4) is 0 Å². The molecule has 7 nitrogen and oxygen atoms in total. The lowest BCUT2D eigenvalue weighted by Gasteiger charge is -2.40. The highest BCUT2D eigenvalue weighted by Crippen LogP contribution is 2.18. The predicted octanol–water partition coefficient (Wildman–Crippen LogP) is 1.27. The summed E-state index contributed by atoms with van der Waals surface area (Å²) in [7, 11) is 3.12. The zero-order valence-electron chi connectivity index (χ0n) is 13.9. The number of hydrogen-bond donors (Lipinski definition) is 1. The first-order chi connectivity index (χ1) is 9.73. The molecule has 21 heavy (non-hydrogen) atoms. The molecule has 0 aliphatic carbocycles. The van der Waals surface area contributed by atoms with E-state index >= 15 is 0 Å². The first-order valence-corrected chi connectivity index (χ1v) is 7.03. The van der Waals surface area contributed by atoms with E-state index in [1.807, 2.05) is 6.92 Å². The highest BCUT2D eigenvalue weighted by Gasteiger charge is 2.39. The Kier molecular flexibility index (Phi) is 8.27. The van der Waals surface area contributed by atoms with Gasteiger partial charge in [0.15, 0.2) is 0 Å². The number of methoxy groups -OCH3 is 2. The highest BCUT2D eigenvalue weighted by atomic mass is 16.5. The van der Waals surface area contributed by atoms with Crippen LogP contribution >= 0.6 is 0 Å². The standard InChI is InChI=1S/C14H28N2O5/c1-7-16(14(3,4)12(17)18)13(19)15(8-9-20-5)11(2)10-21-6/h11H,7-10H2,1-6H3,(H,17,18). The highest BCUT2D eigenvalue weighted by molar-refractivity contribution is 5.85. The topological polar surface area (TPSA) is 79.3 Å². The second-order valence-corrected chi connectivity index (χ2v) is 5.38. The van der Waals surface area contributed by atoms with E-state index in [1.54, 1.807) is 26.0 Å². The van der Waals surface area contributed by atoms with Crippen molar-refractivity contribution in [3.8, 4) is 0 Å². The van der Waals surface area contributed by atoms with Crippen LogP contribution in [0.5, 0.6) is 0 Å². The fourth-order valence-corrected chi connectivity index (χ4v) is 2.07. The molecule has 0 aromatic rings. The smallest absolute Gasteiger partial charge is 0.329 e. The summed E-state index contributed by atoms with van der Waals surface area (Å²) in [6, 6.07) is -0.497. The molecule has 0 heterocycles. The SMILES string of the molecule is CCN(C(=O)N(CCOC)C(C)COC)C(C)(C)C(=O)O. The summed E-state index contributed by atoms with van der Waals surface area (Å²) in [5.41, 5.74) is -1.27. The van der Waals surface area contributed by atoms with Crippen molar-refractivity contribution in [3.63, 3.8) is 0 Å². The van der Waals surface area contributed by atoms with E-state index in [0.717, 1.165) is 0 Å². The summed E-state index contributed by atoms with van der Waals surface area (Å²) >= 11 is 0. The van der Waals surface area contributed by atoms with Crippen LogP contribution in [-0.4, -0.2) is 79.0 Å². The number of nitrogens with zero attached hydrogens (tertiary/aromatic N) is 2. The van der Waals surface area contributed by atoms with Gasteiger partial charge in [-0.1, -0.05) is 0 Å². The lowest BCUT2D eigenvalue weighted by Crippen LogP contribution is -2.59. The van der Waals surface area contributed by atoms with Gasteiger partial charge in [0.25, 0.3) is 0 Å². The molecule has 0 radical (unpaired) electrons. The maximum Gasteiger partial charge on any atom is 0.329 e. The number of aliphatic carboxylic acids is 1.